The van der Waals surface area contributed by atoms with Crippen molar-refractivity contribution in [3.05, 3.63) is 23.2 Å². The Morgan fingerprint density at radius 2 is 1.95 bits per heavy atom. The van der Waals surface area contributed by atoms with E-state index in [-0.39, 0.29) is 15.3 Å². The molecule has 1 rings (SSSR count). The van der Waals surface area contributed by atoms with Gasteiger partial charge in [-0.25, -0.2) is 13.1 Å². The van der Waals surface area contributed by atoms with E-state index < -0.39 is 10.0 Å². The first-order valence-electron chi connectivity index (χ1n) is 7.23. The first kappa shape index (κ1) is 18.3. The lowest BCUT2D eigenvalue weighted by Gasteiger charge is -2.25. The molecule has 120 valence electrons. The van der Waals surface area contributed by atoms with Crippen LogP contribution in [0.1, 0.15) is 46.5 Å². The van der Waals surface area contributed by atoms with Gasteiger partial charge in [-0.15, -0.1) is 0 Å². The summed E-state index contributed by atoms with van der Waals surface area (Å²) in [6, 6.07) is 4.46. The van der Waals surface area contributed by atoms with Crippen molar-refractivity contribution in [1.82, 2.24) is 4.72 Å². The molecular weight excluding hydrogens is 308 g/mol. The Labute approximate surface area is 133 Å². The van der Waals surface area contributed by atoms with Crippen LogP contribution in [0.5, 0.6) is 0 Å². The average molecular weight is 333 g/mol. The number of rotatable bonds is 8. The topological polar surface area (TPSA) is 72.2 Å². The summed E-state index contributed by atoms with van der Waals surface area (Å²) in [4.78, 5) is 0.0357. The van der Waals surface area contributed by atoms with Crippen molar-refractivity contribution in [2.45, 2.75) is 51.3 Å². The van der Waals surface area contributed by atoms with Crippen molar-refractivity contribution in [3.8, 4) is 0 Å². The first-order valence-corrected chi connectivity index (χ1v) is 9.09. The van der Waals surface area contributed by atoms with E-state index in [1.54, 1.807) is 6.07 Å². The standard InChI is InChI=1S/C15H25ClN2O2S/c1-4-5-6-9-15(2,3)11-18-21(19,20)14-10-12(17)7-8-13(14)16/h7-8,10,18H,4-6,9,11,17H2,1-3H3. The van der Waals surface area contributed by atoms with Gasteiger partial charge in [0.1, 0.15) is 4.90 Å². The second-order valence-electron chi connectivity index (χ2n) is 6.14. The summed E-state index contributed by atoms with van der Waals surface area (Å²) in [7, 11) is -3.64. The Hall–Kier alpha value is -0.780. The first-order chi connectivity index (χ1) is 9.68. The predicted octanol–water partition coefficient (Wildman–Crippen LogP) is 3.81. The molecule has 0 fully saturated rings. The van der Waals surface area contributed by atoms with E-state index in [4.69, 9.17) is 17.3 Å². The summed E-state index contributed by atoms with van der Waals surface area (Å²) in [6.45, 7) is 6.65. The van der Waals surface area contributed by atoms with Gasteiger partial charge >= 0.3 is 0 Å². The number of anilines is 1. The second kappa shape index (κ2) is 7.47. The zero-order valence-electron chi connectivity index (χ0n) is 12.9. The number of unbranched alkanes of at least 4 members (excludes halogenated alkanes) is 2. The number of hydrogen-bond acceptors (Lipinski definition) is 3. The highest BCUT2D eigenvalue weighted by atomic mass is 35.5. The molecule has 0 saturated heterocycles. The number of halogens is 1. The van der Waals surface area contributed by atoms with Gasteiger partial charge in [0.25, 0.3) is 0 Å². The van der Waals surface area contributed by atoms with Crippen molar-refractivity contribution in [2.75, 3.05) is 12.3 Å². The number of nitrogens with one attached hydrogen (secondary N) is 1. The Balaban J connectivity index is 2.75. The van der Waals surface area contributed by atoms with Crippen molar-refractivity contribution < 1.29 is 8.42 Å². The van der Waals surface area contributed by atoms with E-state index in [1.165, 1.54) is 12.1 Å². The maximum atomic E-state index is 12.3. The van der Waals surface area contributed by atoms with Gasteiger partial charge in [0.05, 0.1) is 5.02 Å². The molecule has 0 aliphatic rings. The van der Waals surface area contributed by atoms with Crippen molar-refractivity contribution in [1.29, 1.82) is 0 Å². The van der Waals surface area contributed by atoms with Gasteiger partial charge in [-0.2, -0.15) is 0 Å². The monoisotopic (exact) mass is 332 g/mol. The third-order valence-electron chi connectivity index (χ3n) is 3.44. The molecule has 0 bridgehead atoms. The Morgan fingerprint density at radius 3 is 2.57 bits per heavy atom. The molecule has 0 aliphatic heterocycles. The highest BCUT2D eigenvalue weighted by Gasteiger charge is 2.23. The fourth-order valence-corrected chi connectivity index (χ4v) is 3.81. The predicted molar refractivity (Wildman–Crippen MR) is 89.0 cm³/mol. The quantitative estimate of drug-likeness (QED) is 0.561. The van der Waals surface area contributed by atoms with Gasteiger partial charge in [-0.1, -0.05) is 51.6 Å². The lowest BCUT2D eigenvalue weighted by Crippen LogP contribution is -2.34. The van der Waals surface area contributed by atoms with Gasteiger partial charge in [0, 0.05) is 12.2 Å². The number of hydrogen-bond donors (Lipinski definition) is 2. The number of sulfonamides is 1. The summed E-state index contributed by atoms with van der Waals surface area (Å²) in [5.41, 5.74) is 5.92. The number of nitrogen functional groups attached to an aromatic ring is 1. The number of nitrogens with two attached hydrogens (primary N) is 1. The van der Waals surface area contributed by atoms with Gasteiger partial charge < -0.3 is 5.73 Å². The van der Waals surface area contributed by atoms with Crippen LogP contribution in [0.15, 0.2) is 23.1 Å². The smallest absolute Gasteiger partial charge is 0.242 e. The van der Waals surface area contributed by atoms with Crippen LogP contribution in [-0.4, -0.2) is 15.0 Å². The molecule has 0 amide bonds. The Morgan fingerprint density at radius 1 is 1.29 bits per heavy atom. The molecule has 0 radical (unpaired) electrons. The van der Waals surface area contributed by atoms with E-state index in [9.17, 15) is 8.42 Å². The average Bonchev–Trinajstić information content (AvgIpc) is 2.40. The van der Waals surface area contributed by atoms with Gasteiger partial charge in [0.15, 0.2) is 0 Å². The van der Waals surface area contributed by atoms with E-state index in [2.05, 4.69) is 25.5 Å². The van der Waals surface area contributed by atoms with E-state index in [1.807, 2.05) is 0 Å². The maximum Gasteiger partial charge on any atom is 0.242 e. The molecular formula is C15H25ClN2O2S. The van der Waals surface area contributed by atoms with E-state index in [0.29, 0.717) is 12.2 Å². The van der Waals surface area contributed by atoms with Crippen LogP contribution in [0.25, 0.3) is 0 Å². The van der Waals surface area contributed by atoms with Crippen LogP contribution in [0.4, 0.5) is 5.69 Å². The normalized spacial score (nSPS) is 12.6. The van der Waals surface area contributed by atoms with E-state index in [0.717, 1.165) is 25.7 Å². The van der Waals surface area contributed by atoms with Crippen molar-refractivity contribution in [3.63, 3.8) is 0 Å². The summed E-state index contributed by atoms with van der Waals surface area (Å²) in [6.07, 6.45) is 4.40. The minimum atomic E-state index is -3.64. The summed E-state index contributed by atoms with van der Waals surface area (Å²) in [5, 5.41) is 0.181. The lowest BCUT2D eigenvalue weighted by molar-refractivity contribution is 0.320. The molecule has 0 aliphatic carbocycles. The largest absolute Gasteiger partial charge is 0.399 e. The van der Waals surface area contributed by atoms with Crippen LogP contribution in [0.2, 0.25) is 5.02 Å². The number of benzene rings is 1. The molecule has 0 heterocycles. The highest BCUT2D eigenvalue weighted by molar-refractivity contribution is 7.89. The van der Waals surface area contributed by atoms with Gasteiger partial charge in [-0.05, 0) is 30.0 Å². The lowest BCUT2D eigenvalue weighted by atomic mass is 9.87. The third-order valence-corrected chi connectivity index (χ3v) is 5.33. The Bertz CT molecular complexity index is 571. The third kappa shape index (κ3) is 5.85. The summed E-state index contributed by atoms with van der Waals surface area (Å²) < 4.78 is 27.3. The highest BCUT2D eigenvalue weighted by Crippen LogP contribution is 2.26. The Kier molecular flexibility index (Phi) is 6.50. The molecule has 6 heteroatoms. The summed E-state index contributed by atoms with van der Waals surface area (Å²) in [5.74, 6) is 0. The van der Waals surface area contributed by atoms with Crippen molar-refractivity contribution >= 4 is 27.3 Å². The molecule has 0 spiro atoms. The maximum absolute atomic E-state index is 12.3. The molecule has 0 unspecified atom stereocenters. The molecule has 0 saturated carbocycles. The zero-order valence-corrected chi connectivity index (χ0v) is 14.5. The van der Waals surface area contributed by atoms with Crippen LogP contribution < -0.4 is 10.5 Å². The minimum absolute atomic E-state index is 0.0357. The van der Waals surface area contributed by atoms with Crippen molar-refractivity contribution in [2.24, 2.45) is 5.41 Å². The fourth-order valence-electron chi connectivity index (χ4n) is 2.04. The molecule has 1 aromatic rings. The summed E-state index contributed by atoms with van der Waals surface area (Å²) >= 11 is 5.96. The second-order valence-corrected chi connectivity index (χ2v) is 8.28. The zero-order chi connectivity index (χ0) is 16.1. The molecule has 0 aromatic heterocycles. The van der Waals surface area contributed by atoms with Gasteiger partial charge in [0.2, 0.25) is 10.0 Å². The molecule has 0 atom stereocenters. The fraction of sp³-hybridized carbons (Fsp3) is 0.600. The van der Waals surface area contributed by atoms with Crippen LogP contribution in [0.3, 0.4) is 0 Å². The van der Waals surface area contributed by atoms with Crippen LogP contribution in [-0.2, 0) is 10.0 Å². The van der Waals surface area contributed by atoms with Crippen LogP contribution in [0, 0.1) is 5.41 Å². The SMILES string of the molecule is CCCCCC(C)(C)CNS(=O)(=O)c1cc(N)ccc1Cl. The van der Waals surface area contributed by atoms with Gasteiger partial charge in [-0.3, -0.25) is 0 Å². The molecule has 21 heavy (non-hydrogen) atoms. The minimum Gasteiger partial charge on any atom is -0.399 e. The van der Waals surface area contributed by atoms with Crippen LogP contribution >= 0.6 is 11.6 Å². The van der Waals surface area contributed by atoms with E-state index >= 15 is 0 Å². The molecule has 4 nitrogen and oxygen atoms in total. The molecule has 1 aromatic carbocycles. The molecule has 3 N–H and O–H groups in total.